The zero-order valence-corrected chi connectivity index (χ0v) is 7.38. The Hall–Kier alpha value is -0.120. The summed E-state index contributed by atoms with van der Waals surface area (Å²) in [6.07, 6.45) is 4.24. The number of aliphatic hydroxyl groups is 1. The molecule has 3 heteroatoms. The van der Waals surface area contributed by atoms with E-state index in [0.717, 1.165) is 38.9 Å². The van der Waals surface area contributed by atoms with Gasteiger partial charge in [0.1, 0.15) is 0 Å². The van der Waals surface area contributed by atoms with Crippen LogP contribution in [-0.4, -0.2) is 30.5 Å². The third kappa shape index (κ3) is 1.08. The predicted octanol–water partition coefficient (Wildman–Crippen LogP) is 0.267. The van der Waals surface area contributed by atoms with Crippen molar-refractivity contribution in [3.8, 4) is 0 Å². The lowest BCUT2D eigenvalue weighted by Gasteiger charge is -2.18. The van der Waals surface area contributed by atoms with Gasteiger partial charge in [0.15, 0.2) is 0 Å². The van der Waals surface area contributed by atoms with Crippen LogP contribution in [0.5, 0.6) is 0 Å². The summed E-state index contributed by atoms with van der Waals surface area (Å²) in [5.41, 5.74) is 5.96. The summed E-state index contributed by atoms with van der Waals surface area (Å²) in [5, 5.41) is 9.11. The van der Waals surface area contributed by atoms with Crippen molar-refractivity contribution < 1.29 is 9.84 Å². The first-order valence-corrected chi connectivity index (χ1v) is 4.70. The van der Waals surface area contributed by atoms with Crippen LogP contribution in [0.1, 0.15) is 25.7 Å². The molecule has 70 valence electrons. The first kappa shape index (κ1) is 8.48. The molecule has 3 nitrogen and oxygen atoms in total. The van der Waals surface area contributed by atoms with Crippen molar-refractivity contribution in [2.45, 2.75) is 31.2 Å². The van der Waals surface area contributed by atoms with Crippen LogP contribution in [0.4, 0.5) is 0 Å². The number of hydrogen-bond acceptors (Lipinski definition) is 3. The molecule has 1 spiro atoms. The topological polar surface area (TPSA) is 55.5 Å². The Kier molecular flexibility index (Phi) is 1.90. The van der Waals surface area contributed by atoms with Crippen molar-refractivity contribution in [1.29, 1.82) is 0 Å². The molecule has 2 rings (SSSR count). The molecule has 2 aliphatic rings. The summed E-state index contributed by atoms with van der Waals surface area (Å²) in [4.78, 5) is 0. The highest BCUT2D eigenvalue weighted by molar-refractivity contribution is 5.19. The van der Waals surface area contributed by atoms with E-state index >= 15 is 0 Å². The van der Waals surface area contributed by atoms with Gasteiger partial charge in [-0.3, -0.25) is 0 Å². The zero-order chi connectivity index (χ0) is 8.66. The Morgan fingerprint density at radius 2 is 2.17 bits per heavy atom. The highest BCUT2D eigenvalue weighted by atomic mass is 16.5. The molecule has 0 radical (unpaired) electrons. The minimum Gasteiger partial charge on any atom is -0.394 e. The van der Waals surface area contributed by atoms with Gasteiger partial charge in [0.2, 0.25) is 0 Å². The van der Waals surface area contributed by atoms with Gasteiger partial charge in [-0.15, -0.1) is 0 Å². The van der Waals surface area contributed by atoms with Crippen molar-refractivity contribution in [2.75, 3.05) is 19.8 Å². The van der Waals surface area contributed by atoms with Crippen LogP contribution < -0.4 is 5.73 Å². The lowest BCUT2D eigenvalue weighted by molar-refractivity contribution is 0.136. The minimum atomic E-state index is -0.277. The van der Waals surface area contributed by atoms with Crippen LogP contribution >= 0.6 is 0 Å². The van der Waals surface area contributed by atoms with Crippen LogP contribution in [0.2, 0.25) is 0 Å². The van der Waals surface area contributed by atoms with Gasteiger partial charge in [-0.25, -0.2) is 0 Å². The van der Waals surface area contributed by atoms with E-state index < -0.39 is 0 Å². The van der Waals surface area contributed by atoms with E-state index in [1.54, 1.807) is 0 Å². The molecule has 1 heterocycles. The Morgan fingerprint density at radius 3 is 2.83 bits per heavy atom. The molecular formula is C9H17NO2. The molecular weight excluding hydrogens is 154 g/mol. The summed E-state index contributed by atoms with van der Waals surface area (Å²) in [6.45, 7) is 1.81. The van der Waals surface area contributed by atoms with Gasteiger partial charge in [-0.05, 0) is 31.1 Å². The molecule has 12 heavy (non-hydrogen) atoms. The quantitative estimate of drug-likeness (QED) is 0.595. The number of ether oxygens (including phenoxy) is 1. The molecule has 2 unspecified atom stereocenters. The number of aliphatic hydroxyl groups excluding tert-OH is 1. The van der Waals surface area contributed by atoms with Crippen LogP contribution in [0, 0.1) is 5.41 Å². The highest BCUT2D eigenvalue weighted by Gasteiger charge is 2.63. The lowest BCUT2D eigenvalue weighted by Crippen LogP contribution is -2.34. The molecule has 0 aromatic heterocycles. The molecule has 1 saturated carbocycles. The van der Waals surface area contributed by atoms with Gasteiger partial charge in [0.25, 0.3) is 0 Å². The average molecular weight is 171 g/mol. The normalized spacial score (nSPS) is 47.5. The maximum absolute atomic E-state index is 9.11. The third-order valence-corrected chi connectivity index (χ3v) is 3.54. The Bertz CT molecular complexity index is 175. The van der Waals surface area contributed by atoms with E-state index in [4.69, 9.17) is 15.6 Å². The third-order valence-electron chi connectivity index (χ3n) is 3.54. The van der Waals surface area contributed by atoms with E-state index in [9.17, 15) is 0 Å². The lowest BCUT2D eigenvalue weighted by atomic mass is 9.92. The van der Waals surface area contributed by atoms with Gasteiger partial charge in [-0.1, -0.05) is 0 Å². The monoisotopic (exact) mass is 171 g/mol. The second-order valence-electron chi connectivity index (χ2n) is 4.24. The van der Waals surface area contributed by atoms with Crippen LogP contribution in [-0.2, 0) is 4.74 Å². The minimum absolute atomic E-state index is 0.132. The highest BCUT2D eigenvalue weighted by Crippen LogP contribution is 2.60. The summed E-state index contributed by atoms with van der Waals surface area (Å²) >= 11 is 0. The molecule has 0 aromatic rings. The van der Waals surface area contributed by atoms with Crippen molar-refractivity contribution in [1.82, 2.24) is 0 Å². The molecule has 3 N–H and O–H groups in total. The van der Waals surface area contributed by atoms with Gasteiger partial charge >= 0.3 is 0 Å². The van der Waals surface area contributed by atoms with Crippen molar-refractivity contribution in [3.63, 3.8) is 0 Å². The second kappa shape index (κ2) is 2.69. The van der Waals surface area contributed by atoms with Crippen LogP contribution in [0.3, 0.4) is 0 Å². The first-order valence-electron chi connectivity index (χ1n) is 4.70. The van der Waals surface area contributed by atoms with Crippen LogP contribution in [0.25, 0.3) is 0 Å². The maximum Gasteiger partial charge on any atom is 0.0616 e. The molecule has 2 fully saturated rings. The van der Waals surface area contributed by atoms with E-state index in [-0.39, 0.29) is 17.6 Å². The standard InChI is InChI=1S/C9H17NO2/c10-9(7-11)6-8(9)2-1-4-12-5-3-8/h11H,1-7,10H2. The molecule has 1 aliphatic heterocycles. The number of rotatable bonds is 1. The molecule has 0 amide bonds. The molecule has 0 aromatic carbocycles. The second-order valence-corrected chi connectivity index (χ2v) is 4.24. The van der Waals surface area contributed by atoms with Gasteiger partial charge in [0.05, 0.1) is 6.61 Å². The van der Waals surface area contributed by atoms with E-state index in [0.29, 0.717) is 0 Å². The van der Waals surface area contributed by atoms with Gasteiger partial charge in [0, 0.05) is 18.8 Å². The summed E-state index contributed by atoms with van der Waals surface area (Å²) in [5.74, 6) is 0. The first-order chi connectivity index (χ1) is 5.72. The average Bonchev–Trinajstić information content (AvgIpc) is 2.73. The Balaban J connectivity index is 2.03. The SMILES string of the molecule is NC1(CO)CC12CCCOCC2. The maximum atomic E-state index is 9.11. The van der Waals surface area contributed by atoms with E-state index in [1.807, 2.05) is 0 Å². The van der Waals surface area contributed by atoms with Gasteiger partial charge < -0.3 is 15.6 Å². The fourth-order valence-corrected chi connectivity index (χ4v) is 2.47. The zero-order valence-electron chi connectivity index (χ0n) is 7.38. The summed E-state index contributed by atoms with van der Waals surface area (Å²) in [7, 11) is 0. The Labute approximate surface area is 72.9 Å². The molecule has 0 bridgehead atoms. The summed E-state index contributed by atoms with van der Waals surface area (Å²) in [6, 6.07) is 0. The van der Waals surface area contributed by atoms with E-state index in [1.165, 1.54) is 0 Å². The fourth-order valence-electron chi connectivity index (χ4n) is 2.47. The predicted molar refractivity (Wildman–Crippen MR) is 45.7 cm³/mol. The Morgan fingerprint density at radius 1 is 1.33 bits per heavy atom. The van der Waals surface area contributed by atoms with Crippen molar-refractivity contribution in [2.24, 2.45) is 11.1 Å². The largest absolute Gasteiger partial charge is 0.394 e. The summed E-state index contributed by atoms with van der Waals surface area (Å²) < 4.78 is 5.37. The van der Waals surface area contributed by atoms with Crippen molar-refractivity contribution in [3.05, 3.63) is 0 Å². The molecule has 1 saturated heterocycles. The fraction of sp³-hybridized carbons (Fsp3) is 1.00. The molecule has 2 atom stereocenters. The van der Waals surface area contributed by atoms with E-state index in [2.05, 4.69) is 0 Å². The number of hydrogen-bond donors (Lipinski definition) is 2. The number of nitrogens with two attached hydrogens (primary N) is 1. The van der Waals surface area contributed by atoms with Gasteiger partial charge in [-0.2, -0.15) is 0 Å². The smallest absolute Gasteiger partial charge is 0.0616 e. The van der Waals surface area contributed by atoms with Crippen LogP contribution in [0.15, 0.2) is 0 Å². The molecule has 1 aliphatic carbocycles. The van der Waals surface area contributed by atoms with Crippen molar-refractivity contribution >= 4 is 0 Å².